The van der Waals surface area contributed by atoms with Gasteiger partial charge in [0.1, 0.15) is 0 Å². The van der Waals surface area contributed by atoms with Gasteiger partial charge in [0, 0.05) is 29.7 Å². The maximum Gasteiger partial charge on any atom is 0.247 e. The van der Waals surface area contributed by atoms with Crippen molar-refractivity contribution in [1.82, 2.24) is 10.2 Å². The summed E-state index contributed by atoms with van der Waals surface area (Å²) in [5.74, 6) is -0.476. The number of amides is 2. The number of anilines is 1. The van der Waals surface area contributed by atoms with Crippen LogP contribution in [0, 0.1) is 5.41 Å². The van der Waals surface area contributed by atoms with E-state index in [-0.39, 0.29) is 29.0 Å². The van der Waals surface area contributed by atoms with Crippen LogP contribution in [0.5, 0.6) is 0 Å². The minimum absolute atomic E-state index is 0.114. The van der Waals surface area contributed by atoms with Gasteiger partial charge in [-0.2, -0.15) is 0 Å². The van der Waals surface area contributed by atoms with Crippen molar-refractivity contribution < 1.29 is 9.59 Å². The van der Waals surface area contributed by atoms with E-state index in [0.29, 0.717) is 11.4 Å². The van der Waals surface area contributed by atoms with E-state index in [1.165, 1.54) is 0 Å². The van der Waals surface area contributed by atoms with Gasteiger partial charge < -0.3 is 10.2 Å². The molecule has 1 aromatic carbocycles. The van der Waals surface area contributed by atoms with Gasteiger partial charge in [-0.15, -0.1) is 0 Å². The standard InChI is InChI=1S/C19H22ClN3O2S/c1-11(2)23-17(25)19(16(24)21-18(23)26)10-12-13(20)6-5-7-14(12)22-9-4-3-8-15(19)22/h5-7,11,15H,3-4,8-10H2,1-2H3,(H,21,24,26)/t15-,19-/m0/s1. The molecular formula is C19H22ClN3O2S. The van der Waals surface area contributed by atoms with Crippen LogP contribution in [0.3, 0.4) is 0 Å². The van der Waals surface area contributed by atoms with Gasteiger partial charge in [0.2, 0.25) is 11.8 Å². The number of carbonyl (C=O) groups is 2. The first-order valence-electron chi connectivity index (χ1n) is 9.11. The lowest BCUT2D eigenvalue weighted by Crippen LogP contribution is -2.73. The van der Waals surface area contributed by atoms with E-state index in [0.717, 1.165) is 37.1 Å². The third-order valence-corrected chi connectivity index (χ3v) is 6.54. The molecular weight excluding hydrogens is 370 g/mol. The fourth-order valence-corrected chi connectivity index (χ4v) is 5.34. The predicted octanol–water partition coefficient (Wildman–Crippen LogP) is 2.89. The van der Waals surface area contributed by atoms with Gasteiger partial charge in [0.15, 0.2) is 10.5 Å². The summed E-state index contributed by atoms with van der Waals surface area (Å²) in [7, 11) is 0. The number of nitrogens with zero attached hydrogens (tertiary/aromatic N) is 2. The Balaban J connectivity index is 1.91. The van der Waals surface area contributed by atoms with Crippen molar-refractivity contribution in [2.45, 2.75) is 51.6 Å². The number of nitrogens with one attached hydrogen (secondary N) is 1. The molecule has 7 heteroatoms. The topological polar surface area (TPSA) is 52.7 Å². The molecule has 3 aliphatic heterocycles. The third-order valence-electron chi connectivity index (χ3n) is 5.89. The molecule has 0 bridgehead atoms. The second-order valence-corrected chi connectivity index (χ2v) is 8.41. The highest BCUT2D eigenvalue weighted by Crippen LogP contribution is 2.49. The molecule has 5 nitrogen and oxygen atoms in total. The lowest BCUT2D eigenvalue weighted by atomic mass is 9.66. The average molecular weight is 392 g/mol. The number of hydrogen-bond donors (Lipinski definition) is 1. The molecule has 1 N–H and O–H groups in total. The fraction of sp³-hybridized carbons (Fsp3) is 0.526. The Morgan fingerprint density at radius 2 is 2.08 bits per heavy atom. The fourth-order valence-electron chi connectivity index (χ4n) is 4.71. The molecule has 2 amide bonds. The van der Waals surface area contributed by atoms with Crippen molar-refractivity contribution in [2.75, 3.05) is 11.4 Å². The number of carbonyl (C=O) groups excluding carboxylic acids is 2. The number of piperidine rings is 1. The monoisotopic (exact) mass is 391 g/mol. The molecule has 1 aromatic rings. The van der Waals surface area contributed by atoms with Crippen molar-refractivity contribution in [3.8, 4) is 0 Å². The van der Waals surface area contributed by atoms with E-state index in [2.05, 4.69) is 10.2 Å². The number of thiocarbonyl (C=S) groups is 1. The molecule has 3 heterocycles. The second kappa shape index (κ2) is 6.20. The number of fused-ring (bicyclic) bond motifs is 4. The quantitative estimate of drug-likeness (QED) is 0.590. The zero-order chi connectivity index (χ0) is 18.6. The van der Waals surface area contributed by atoms with Crippen molar-refractivity contribution in [3.05, 3.63) is 28.8 Å². The van der Waals surface area contributed by atoms with E-state index in [1.807, 2.05) is 32.0 Å². The molecule has 0 aliphatic carbocycles. The summed E-state index contributed by atoms with van der Waals surface area (Å²) in [6.07, 6.45) is 3.18. The van der Waals surface area contributed by atoms with Gasteiger partial charge in [0.25, 0.3) is 0 Å². The Morgan fingerprint density at radius 3 is 2.81 bits per heavy atom. The van der Waals surface area contributed by atoms with Crippen LogP contribution in [0.15, 0.2) is 18.2 Å². The van der Waals surface area contributed by atoms with Crippen LogP contribution < -0.4 is 10.2 Å². The first-order chi connectivity index (χ1) is 12.4. The van der Waals surface area contributed by atoms with E-state index in [1.54, 1.807) is 4.90 Å². The van der Waals surface area contributed by atoms with Crippen LogP contribution in [-0.2, 0) is 16.0 Å². The summed E-state index contributed by atoms with van der Waals surface area (Å²) in [4.78, 5) is 30.7. The van der Waals surface area contributed by atoms with Crippen molar-refractivity contribution in [2.24, 2.45) is 5.41 Å². The van der Waals surface area contributed by atoms with Gasteiger partial charge in [-0.05, 0) is 63.0 Å². The molecule has 138 valence electrons. The molecule has 0 unspecified atom stereocenters. The Hall–Kier alpha value is -1.66. The molecule has 1 spiro atoms. The van der Waals surface area contributed by atoms with E-state index in [4.69, 9.17) is 23.8 Å². The molecule has 2 atom stereocenters. The average Bonchev–Trinajstić information content (AvgIpc) is 2.60. The molecule has 4 rings (SSSR count). The van der Waals surface area contributed by atoms with Crippen LogP contribution in [0.2, 0.25) is 5.02 Å². The lowest BCUT2D eigenvalue weighted by molar-refractivity contribution is -0.153. The number of benzene rings is 1. The number of rotatable bonds is 1. The predicted molar refractivity (Wildman–Crippen MR) is 105 cm³/mol. The van der Waals surface area contributed by atoms with Crippen LogP contribution in [0.1, 0.15) is 38.7 Å². The molecule has 2 saturated heterocycles. The molecule has 3 aliphatic rings. The van der Waals surface area contributed by atoms with Crippen LogP contribution >= 0.6 is 23.8 Å². The first kappa shape index (κ1) is 17.7. The minimum Gasteiger partial charge on any atom is -0.367 e. The molecule has 2 fully saturated rings. The Bertz CT molecular complexity index is 812. The summed E-state index contributed by atoms with van der Waals surface area (Å²) < 4.78 is 0. The lowest BCUT2D eigenvalue weighted by Gasteiger charge is -2.54. The van der Waals surface area contributed by atoms with Crippen LogP contribution in [0.4, 0.5) is 5.69 Å². The Morgan fingerprint density at radius 1 is 1.31 bits per heavy atom. The summed E-state index contributed by atoms with van der Waals surface area (Å²) in [6.45, 7) is 4.65. The SMILES string of the molecule is CC(C)N1C(=O)[C@]2(Cc3c(Cl)cccc3N3CCCC[C@H]32)C(=O)NC1=S. The van der Waals surface area contributed by atoms with Gasteiger partial charge in [-0.3, -0.25) is 14.5 Å². The summed E-state index contributed by atoms with van der Waals surface area (Å²) in [5.41, 5.74) is 0.760. The Labute approximate surface area is 163 Å². The molecule has 0 radical (unpaired) electrons. The maximum absolute atomic E-state index is 13.6. The van der Waals surface area contributed by atoms with Crippen LogP contribution in [0.25, 0.3) is 0 Å². The first-order valence-corrected chi connectivity index (χ1v) is 9.89. The molecule has 26 heavy (non-hydrogen) atoms. The van der Waals surface area contributed by atoms with Gasteiger partial charge >= 0.3 is 0 Å². The van der Waals surface area contributed by atoms with E-state index < -0.39 is 5.41 Å². The van der Waals surface area contributed by atoms with E-state index in [9.17, 15) is 9.59 Å². The summed E-state index contributed by atoms with van der Waals surface area (Å²) >= 11 is 11.8. The highest BCUT2D eigenvalue weighted by Gasteiger charge is 2.61. The second-order valence-electron chi connectivity index (χ2n) is 7.62. The highest BCUT2D eigenvalue weighted by atomic mass is 35.5. The van der Waals surface area contributed by atoms with E-state index >= 15 is 0 Å². The minimum atomic E-state index is -1.18. The third kappa shape index (κ3) is 2.31. The largest absolute Gasteiger partial charge is 0.367 e. The highest BCUT2D eigenvalue weighted by molar-refractivity contribution is 7.80. The summed E-state index contributed by atoms with van der Waals surface area (Å²) in [6, 6.07) is 5.52. The smallest absolute Gasteiger partial charge is 0.247 e. The van der Waals surface area contributed by atoms with Crippen molar-refractivity contribution in [3.63, 3.8) is 0 Å². The van der Waals surface area contributed by atoms with Crippen molar-refractivity contribution >= 4 is 46.4 Å². The normalized spacial score (nSPS) is 28.3. The molecule has 0 aromatic heterocycles. The van der Waals surface area contributed by atoms with Gasteiger partial charge in [0.05, 0.1) is 6.04 Å². The van der Waals surface area contributed by atoms with Crippen molar-refractivity contribution in [1.29, 1.82) is 0 Å². The Kier molecular flexibility index (Phi) is 4.23. The number of halogens is 1. The van der Waals surface area contributed by atoms with Crippen LogP contribution in [-0.4, -0.2) is 40.5 Å². The zero-order valence-corrected chi connectivity index (χ0v) is 16.5. The summed E-state index contributed by atoms with van der Waals surface area (Å²) in [5, 5.41) is 3.62. The zero-order valence-electron chi connectivity index (χ0n) is 14.9. The molecule has 0 saturated carbocycles. The van der Waals surface area contributed by atoms with Gasteiger partial charge in [-0.1, -0.05) is 17.7 Å². The maximum atomic E-state index is 13.6. The number of hydrogen-bond acceptors (Lipinski definition) is 4. The van der Waals surface area contributed by atoms with Gasteiger partial charge in [-0.25, -0.2) is 0 Å².